The van der Waals surface area contributed by atoms with E-state index in [1.165, 1.54) is 0 Å². The minimum absolute atomic E-state index is 0.367. The summed E-state index contributed by atoms with van der Waals surface area (Å²) in [6.45, 7) is 8.27. The van der Waals surface area contributed by atoms with Crippen LogP contribution in [0, 0.1) is 11.5 Å². The van der Waals surface area contributed by atoms with E-state index in [4.69, 9.17) is 5.73 Å². The summed E-state index contributed by atoms with van der Waals surface area (Å²) in [7, 11) is -1.39. The molecule has 0 rings (SSSR count). The predicted molar refractivity (Wildman–Crippen MR) is 59.9 cm³/mol. The van der Waals surface area contributed by atoms with E-state index in [2.05, 4.69) is 31.1 Å². The zero-order valence-corrected chi connectivity index (χ0v) is 9.83. The summed E-state index contributed by atoms with van der Waals surface area (Å²) in [5.41, 5.74) is 8.72. The fourth-order valence-electron chi connectivity index (χ4n) is 0.714. The molecule has 0 spiro atoms. The van der Waals surface area contributed by atoms with Crippen LogP contribution in [0.5, 0.6) is 0 Å². The van der Waals surface area contributed by atoms with Gasteiger partial charge in [0.25, 0.3) is 0 Å². The molecule has 0 fully saturated rings. The van der Waals surface area contributed by atoms with Gasteiger partial charge < -0.3 is 10.8 Å². The molecular weight excluding hydrogens is 178 g/mol. The van der Waals surface area contributed by atoms with E-state index in [0.717, 1.165) is 0 Å². The molecule has 0 aromatic rings. The van der Waals surface area contributed by atoms with Crippen LogP contribution in [-0.4, -0.2) is 25.3 Å². The molecule has 13 heavy (non-hydrogen) atoms. The van der Waals surface area contributed by atoms with Crippen molar-refractivity contribution in [3.05, 3.63) is 12.2 Å². The van der Waals surface area contributed by atoms with E-state index in [9.17, 15) is 5.11 Å². The van der Waals surface area contributed by atoms with Gasteiger partial charge >= 0.3 is 0 Å². The van der Waals surface area contributed by atoms with Crippen LogP contribution in [0.3, 0.4) is 0 Å². The van der Waals surface area contributed by atoms with Gasteiger partial charge in [-0.1, -0.05) is 37.7 Å². The summed E-state index contributed by atoms with van der Waals surface area (Å²) in [6.07, 6.45) is 2.84. The molecule has 2 atom stereocenters. The average molecular weight is 197 g/mol. The van der Waals surface area contributed by atoms with E-state index in [1.54, 1.807) is 6.08 Å². The minimum atomic E-state index is -1.39. The van der Waals surface area contributed by atoms with Crippen LogP contribution >= 0.6 is 0 Å². The fraction of sp³-hybridized carbons (Fsp3) is 0.600. The Balaban J connectivity index is 4.26. The van der Waals surface area contributed by atoms with Crippen LogP contribution in [0.15, 0.2) is 12.2 Å². The van der Waals surface area contributed by atoms with Crippen LogP contribution < -0.4 is 5.73 Å². The van der Waals surface area contributed by atoms with Crippen molar-refractivity contribution in [2.24, 2.45) is 5.73 Å². The van der Waals surface area contributed by atoms with Crippen LogP contribution in [0.4, 0.5) is 0 Å². The Morgan fingerprint density at radius 1 is 1.38 bits per heavy atom. The number of aliphatic hydroxyl groups excluding tert-OH is 1. The third-order valence-electron chi connectivity index (χ3n) is 1.37. The quantitative estimate of drug-likeness (QED) is 0.396. The Morgan fingerprint density at radius 2 is 1.92 bits per heavy atom. The normalized spacial score (nSPS) is 16.5. The van der Waals surface area contributed by atoms with E-state index in [-0.39, 0.29) is 6.04 Å². The third-order valence-corrected chi connectivity index (χ3v) is 2.27. The van der Waals surface area contributed by atoms with E-state index < -0.39 is 14.2 Å². The highest BCUT2D eigenvalue weighted by Crippen LogP contribution is 1.98. The Hall–Kier alpha value is -0.563. The Kier molecular flexibility index (Phi) is 5.00. The number of nitrogens with two attached hydrogens (primary N) is 1. The van der Waals surface area contributed by atoms with Crippen molar-refractivity contribution < 1.29 is 5.11 Å². The van der Waals surface area contributed by atoms with Crippen LogP contribution in [0.25, 0.3) is 0 Å². The van der Waals surface area contributed by atoms with Crippen molar-refractivity contribution in [3.63, 3.8) is 0 Å². The molecule has 0 saturated heterocycles. The van der Waals surface area contributed by atoms with Gasteiger partial charge in [-0.25, -0.2) is 0 Å². The van der Waals surface area contributed by atoms with Crippen molar-refractivity contribution >= 4 is 8.07 Å². The molecule has 0 heterocycles. The molecule has 0 saturated carbocycles. The summed E-state index contributed by atoms with van der Waals surface area (Å²) in [4.78, 5) is 0. The van der Waals surface area contributed by atoms with Crippen molar-refractivity contribution in [1.29, 1.82) is 0 Å². The lowest BCUT2D eigenvalue weighted by atomic mass is 10.2. The lowest BCUT2D eigenvalue weighted by Gasteiger charge is -2.10. The van der Waals surface area contributed by atoms with Crippen molar-refractivity contribution in [3.8, 4) is 11.5 Å². The van der Waals surface area contributed by atoms with Crippen LogP contribution in [-0.2, 0) is 0 Å². The first-order valence-electron chi connectivity index (χ1n) is 4.46. The minimum Gasteiger partial charge on any atom is -0.378 e. The van der Waals surface area contributed by atoms with Gasteiger partial charge in [0.15, 0.2) is 0 Å². The zero-order valence-electron chi connectivity index (χ0n) is 8.83. The van der Waals surface area contributed by atoms with Gasteiger partial charge in [-0.3, -0.25) is 0 Å². The molecule has 0 bridgehead atoms. The zero-order chi connectivity index (χ0) is 10.5. The fourth-order valence-corrected chi connectivity index (χ4v) is 1.30. The molecular formula is C10H19NOSi. The highest BCUT2D eigenvalue weighted by Gasteiger charge is 2.11. The number of rotatable bonds is 2. The van der Waals surface area contributed by atoms with Gasteiger partial charge in [0.05, 0.1) is 6.04 Å². The second-order valence-electron chi connectivity index (χ2n) is 4.07. The summed E-state index contributed by atoms with van der Waals surface area (Å²) in [5, 5.41) is 9.48. The molecule has 0 aromatic heterocycles. The molecule has 3 N–H and O–H groups in total. The molecule has 0 amide bonds. The molecule has 0 aliphatic heterocycles. The Labute approximate surface area is 81.8 Å². The standard InChI is InChI=1S/C10H19NOSi/c1-5-6-9(11)10(12)7-8-13(2,3)4/h5-6,9-10,12H,11H2,1-4H3/b6-5+/t9-,10+/m0/s1. The largest absolute Gasteiger partial charge is 0.378 e. The van der Waals surface area contributed by atoms with Crippen molar-refractivity contribution in [1.82, 2.24) is 0 Å². The molecule has 0 aromatic carbocycles. The second kappa shape index (κ2) is 5.23. The first-order valence-corrected chi connectivity index (χ1v) is 7.96. The number of allylic oxidation sites excluding steroid dienone is 1. The van der Waals surface area contributed by atoms with Gasteiger partial charge in [-0.05, 0) is 6.92 Å². The third kappa shape index (κ3) is 6.58. The highest BCUT2D eigenvalue weighted by molar-refractivity contribution is 6.83. The second-order valence-corrected chi connectivity index (χ2v) is 8.82. The first-order chi connectivity index (χ1) is 5.87. The summed E-state index contributed by atoms with van der Waals surface area (Å²) < 4.78 is 0. The topological polar surface area (TPSA) is 46.2 Å². The van der Waals surface area contributed by atoms with Crippen LogP contribution in [0.2, 0.25) is 19.6 Å². The lowest BCUT2D eigenvalue weighted by molar-refractivity contribution is 0.217. The van der Waals surface area contributed by atoms with Gasteiger partial charge in [-0.15, -0.1) is 5.54 Å². The maximum Gasteiger partial charge on any atom is 0.132 e. The van der Waals surface area contributed by atoms with Gasteiger partial charge in [0, 0.05) is 0 Å². The molecule has 74 valence electrons. The molecule has 2 nitrogen and oxygen atoms in total. The SMILES string of the molecule is C/C=C/[C@H](N)[C@H](O)C#C[Si](C)(C)C. The average Bonchev–Trinajstić information content (AvgIpc) is 1.99. The lowest BCUT2D eigenvalue weighted by Crippen LogP contribution is -2.32. The Bertz CT molecular complexity index is 232. The summed E-state index contributed by atoms with van der Waals surface area (Å²) in [5.74, 6) is 2.80. The number of aliphatic hydroxyl groups is 1. The Morgan fingerprint density at radius 3 is 2.31 bits per heavy atom. The number of hydrogen-bond acceptors (Lipinski definition) is 2. The molecule has 3 heteroatoms. The van der Waals surface area contributed by atoms with Gasteiger partial charge in [-0.2, -0.15) is 0 Å². The molecule has 0 aliphatic carbocycles. The first kappa shape index (κ1) is 12.4. The van der Waals surface area contributed by atoms with Gasteiger partial charge in [0.1, 0.15) is 14.2 Å². The van der Waals surface area contributed by atoms with Crippen molar-refractivity contribution in [2.75, 3.05) is 0 Å². The smallest absolute Gasteiger partial charge is 0.132 e. The maximum absolute atomic E-state index is 9.48. The van der Waals surface area contributed by atoms with E-state index in [1.807, 2.05) is 13.0 Å². The summed E-state index contributed by atoms with van der Waals surface area (Å²) >= 11 is 0. The monoisotopic (exact) mass is 197 g/mol. The predicted octanol–water partition coefficient (Wildman–Crippen LogP) is 1.13. The van der Waals surface area contributed by atoms with E-state index in [0.29, 0.717) is 0 Å². The highest BCUT2D eigenvalue weighted by atomic mass is 28.3. The van der Waals surface area contributed by atoms with Gasteiger partial charge in [0.2, 0.25) is 0 Å². The number of hydrogen-bond donors (Lipinski definition) is 2. The summed E-state index contributed by atoms with van der Waals surface area (Å²) in [6, 6.07) is -0.367. The molecule has 0 aliphatic rings. The van der Waals surface area contributed by atoms with Crippen molar-refractivity contribution in [2.45, 2.75) is 38.7 Å². The molecule has 0 radical (unpaired) electrons. The molecule has 0 unspecified atom stereocenters. The maximum atomic E-state index is 9.48. The van der Waals surface area contributed by atoms with E-state index >= 15 is 0 Å². The van der Waals surface area contributed by atoms with Crippen LogP contribution in [0.1, 0.15) is 6.92 Å².